The normalized spacial score (nSPS) is 22.3. The Hall–Kier alpha value is -1.35. The second-order valence-corrected chi connectivity index (χ2v) is 7.23. The van der Waals surface area contributed by atoms with Crippen LogP contribution in [0.3, 0.4) is 0 Å². The Morgan fingerprint density at radius 3 is 3.00 bits per heavy atom. The number of hydrogen-bond donors (Lipinski definition) is 1. The summed E-state index contributed by atoms with van der Waals surface area (Å²) in [4.78, 5) is 0. The van der Waals surface area contributed by atoms with Crippen molar-refractivity contribution in [1.82, 2.24) is 4.57 Å². The molecule has 1 aliphatic heterocycles. The van der Waals surface area contributed by atoms with Crippen molar-refractivity contribution in [2.75, 3.05) is 13.2 Å². The molecule has 2 atom stereocenters. The van der Waals surface area contributed by atoms with Crippen molar-refractivity contribution in [2.45, 2.75) is 32.4 Å². The highest BCUT2D eigenvalue weighted by molar-refractivity contribution is 9.10. The van der Waals surface area contributed by atoms with Crippen LogP contribution in [0.25, 0.3) is 10.9 Å². The zero-order valence-corrected chi connectivity index (χ0v) is 14.4. The van der Waals surface area contributed by atoms with E-state index in [4.69, 9.17) is 4.74 Å². The average molecular weight is 363 g/mol. The first-order chi connectivity index (χ1) is 10.5. The van der Waals surface area contributed by atoms with Gasteiger partial charge in [0.15, 0.2) is 0 Å². The number of nitrogens with zero attached hydrogens (tertiary/aromatic N) is 2. The van der Waals surface area contributed by atoms with E-state index >= 15 is 0 Å². The van der Waals surface area contributed by atoms with Crippen LogP contribution in [0.2, 0.25) is 0 Å². The van der Waals surface area contributed by atoms with Crippen molar-refractivity contribution in [2.24, 2.45) is 5.92 Å². The van der Waals surface area contributed by atoms with E-state index < -0.39 is 5.41 Å². The monoisotopic (exact) mass is 362 g/mol. The highest BCUT2D eigenvalue weighted by Crippen LogP contribution is 2.40. The number of aliphatic hydroxyl groups excluding tert-OH is 1. The zero-order chi connectivity index (χ0) is 15.9. The summed E-state index contributed by atoms with van der Waals surface area (Å²) in [6.45, 7) is 5.73. The van der Waals surface area contributed by atoms with E-state index in [1.165, 1.54) is 0 Å². The number of nitriles is 1. The first-order valence-corrected chi connectivity index (χ1v) is 8.20. The van der Waals surface area contributed by atoms with Gasteiger partial charge in [-0.25, -0.2) is 0 Å². The summed E-state index contributed by atoms with van der Waals surface area (Å²) in [6, 6.07) is 8.58. The third-order valence-electron chi connectivity index (χ3n) is 4.37. The predicted molar refractivity (Wildman–Crippen MR) is 88.5 cm³/mol. The van der Waals surface area contributed by atoms with Crippen molar-refractivity contribution >= 4 is 26.8 Å². The second kappa shape index (κ2) is 5.69. The first kappa shape index (κ1) is 15.5. The van der Waals surface area contributed by atoms with Crippen LogP contribution in [0.15, 0.2) is 22.7 Å². The van der Waals surface area contributed by atoms with Crippen molar-refractivity contribution in [3.8, 4) is 6.07 Å². The van der Waals surface area contributed by atoms with Gasteiger partial charge in [-0.1, -0.05) is 28.9 Å². The van der Waals surface area contributed by atoms with Gasteiger partial charge < -0.3 is 14.4 Å². The topological polar surface area (TPSA) is 58.2 Å². The van der Waals surface area contributed by atoms with E-state index in [1.54, 1.807) is 0 Å². The minimum atomic E-state index is -0.632. The van der Waals surface area contributed by atoms with Gasteiger partial charge in [0.25, 0.3) is 0 Å². The summed E-state index contributed by atoms with van der Waals surface area (Å²) >= 11 is 3.53. The van der Waals surface area contributed by atoms with Gasteiger partial charge in [-0.2, -0.15) is 5.26 Å². The molecule has 22 heavy (non-hydrogen) atoms. The number of aromatic nitrogens is 1. The van der Waals surface area contributed by atoms with Crippen LogP contribution in [0.1, 0.15) is 25.1 Å². The first-order valence-electron chi connectivity index (χ1n) is 7.41. The van der Waals surface area contributed by atoms with Gasteiger partial charge in [0.05, 0.1) is 19.3 Å². The molecule has 0 spiro atoms. The molecule has 0 amide bonds. The lowest BCUT2D eigenvalue weighted by Gasteiger charge is -2.29. The number of rotatable bonds is 3. The van der Waals surface area contributed by atoms with Crippen LogP contribution in [-0.4, -0.2) is 22.9 Å². The predicted octanol–water partition coefficient (Wildman–Crippen LogP) is 3.34. The minimum absolute atomic E-state index is 0.138. The van der Waals surface area contributed by atoms with Gasteiger partial charge in [-0.05, 0) is 25.0 Å². The molecule has 2 aromatic rings. The fraction of sp³-hybridized carbons (Fsp3) is 0.471. The van der Waals surface area contributed by atoms with Crippen LogP contribution >= 0.6 is 15.9 Å². The quantitative estimate of drug-likeness (QED) is 0.910. The van der Waals surface area contributed by atoms with Crippen molar-refractivity contribution in [1.29, 1.82) is 5.26 Å². The van der Waals surface area contributed by atoms with Gasteiger partial charge in [-0.15, -0.1) is 0 Å². The Morgan fingerprint density at radius 2 is 2.32 bits per heavy atom. The van der Waals surface area contributed by atoms with Gasteiger partial charge in [0, 0.05) is 39.8 Å². The van der Waals surface area contributed by atoms with Crippen molar-refractivity contribution in [3.05, 3.63) is 33.9 Å². The third-order valence-corrected chi connectivity index (χ3v) is 4.86. The molecular weight excluding hydrogens is 344 g/mol. The van der Waals surface area contributed by atoms with E-state index in [1.807, 2.05) is 19.9 Å². The maximum atomic E-state index is 9.66. The second-order valence-electron chi connectivity index (χ2n) is 6.32. The Bertz CT molecular complexity index is 762. The number of benzene rings is 1. The number of halogens is 1. The maximum absolute atomic E-state index is 9.66. The van der Waals surface area contributed by atoms with Crippen LogP contribution in [0.4, 0.5) is 0 Å². The third kappa shape index (κ3) is 2.36. The molecular formula is C17H19BrN2O2. The fourth-order valence-corrected chi connectivity index (χ4v) is 3.58. The summed E-state index contributed by atoms with van der Waals surface area (Å²) in [5, 5.41) is 20.2. The lowest BCUT2D eigenvalue weighted by molar-refractivity contribution is 0.0708. The Morgan fingerprint density at radius 1 is 1.55 bits per heavy atom. The number of hydrogen-bond acceptors (Lipinski definition) is 3. The van der Waals surface area contributed by atoms with E-state index in [0.29, 0.717) is 19.8 Å². The van der Waals surface area contributed by atoms with Gasteiger partial charge in [-0.3, -0.25) is 0 Å². The molecule has 0 fully saturated rings. The summed E-state index contributed by atoms with van der Waals surface area (Å²) in [5.74, 6) is 0.147. The molecule has 0 aliphatic carbocycles. The van der Waals surface area contributed by atoms with E-state index in [2.05, 4.69) is 38.7 Å². The molecule has 1 aliphatic rings. The molecule has 1 aromatic carbocycles. The zero-order valence-electron chi connectivity index (χ0n) is 12.8. The standard InChI is InChI=1S/C17H19BrN2O2/c1-11(7-21)6-20-14-5-12(18)3-4-13(14)16-15(20)8-22-10-17(16,2)9-19/h3-5,11,21H,6-8,10H2,1-2H3/t11-,17?/m0/s1. The molecule has 3 rings (SSSR count). The Labute approximate surface area is 138 Å². The average Bonchev–Trinajstić information content (AvgIpc) is 2.82. The molecule has 0 saturated carbocycles. The van der Waals surface area contributed by atoms with Crippen LogP contribution in [0, 0.1) is 17.2 Å². The molecule has 1 N–H and O–H groups in total. The Kier molecular flexibility index (Phi) is 4.02. The van der Waals surface area contributed by atoms with E-state index in [9.17, 15) is 10.4 Å². The number of aliphatic hydroxyl groups is 1. The molecule has 116 valence electrons. The number of ether oxygens (including phenoxy) is 1. The minimum Gasteiger partial charge on any atom is -0.396 e. The molecule has 1 aromatic heterocycles. The number of fused-ring (bicyclic) bond motifs is 3. The summed E-state index contributed by atoms with van der Waals surface area (Å²) in [6.07, 6.45) is 0. The highest BCUT2D eigenvalue weighted by Gasteiger charge is 2.38. The molecule has 2 heterocycles. The molecule has 1 unspecified atom stereocenters. The smallest absolute Gasteiger partial charge is 0.105 e. The lowest BCUT2D eigenvalue weighted by atomic mass is 9.81. The van der Waals surface area contributed by atoms with Crippen LogP contribution in [-0.2, 0) is 23.3 Å². The van der Waals surface area contributed by atoms with Crippen molar-refractivity contribution < 1.29 is 9.84 Å². The highest BCUT2D eigenvalue weighted by atomic mass is 79.9. The molecule has 5 heteroatoms. The molecule has 0 saturated heterocycles. The SMILES string of the molecule is C[C@H](CO)Cn1c2c(c3ccc(Br)cc31)C(C)(C#N)COC2. The van der Waals surface area contributed by atoms with Crippen molar-refractivity contribution in [3.63, 3.8) is 0 Å². The summed E-state index contributed by atoms with van der Waals surface area (Å²) in [7, 11) is 0. The van der Waals surface area contributed by atoms with E-state index in [0.717, 1.165) is 26.6 Å². The molecule has 4 nitrogen and oxygen atoms in total. The van der Waals surface area contributed by atoms with Crippen LogP contribution < -0.4 is 0 Å². The fourth-order valence-electron chi connectivity index (χ4n) is 3.23. The van der Waals surface area contributed by atoms with E-state index in [-0.39, 0.29) is 12.5 Å². The molecule has 0 radical (unpaired) electrons. The maximum Gasteiger partial charge on any atom is 0.105 e. The largest absolute Gasteiger partial charge is 0.396 e. The van der Waals surface area contributed by atoms with Gasteiger partial charge in [0.1, 0.15) is 5.41 Å². The molecule has 0 bridgehead atoms. The van der Waals surface area contributed by atoms with Gasteiger partial charge in [0.2, 0.25) is 0 Å². The summed E-state index contributed by atoms with van der Waals surface area (Å²) in [5.41, 5.74) is 2.59. The lowest BCUT2D eigenvalue weighted by Crippen LogP contribution is -2.32. The van der Waals surface area contributed by atoms with Crippen LogP contribution in [0.5, 0.6) is 0 Å². The Balaban J connectivity index is 2.31. The summed E-state index contributed by atoms with van der Waals surface area (Å²) < 4.78 is 8.91. The van der Waals surface area contributed by atoms with Gasteiger partial charge >= 0.3 is 0 Å².